The Hall–Kier alpha value is -7.86. The number of rotatable bonds is 2. The zero-order chi connectivity index (χ0) is 45.7. The van der Waals surface area contributed by atoms with Crippen molar-refractivity contribution in [3.05, 3.63) is 247 Å². The normalized spacial score (nSPS) is 11.5. The van der Waals surface area contributed by atoms with E-state index in [0.717, 1.165) is 16.2 Å². The molecular weight excluding hydrogens is 891 g/mol. The highest BCUT2D eigenvalue weighted by molar-refractivity contribution is 9.10. The Morgan fingerprint density at radius 3 is 0.912 bits per heavy atom. The third-order valence-corrected chi connectivity index (χ3v) is 14.4. The van der Waals surface area contributed by atoms with E-state index >= 15 is 0 Å². The molecule has 320 valence electrons. The topological polar surface area (TPSA) is 40.5 Å². The monoisotopic (exact) mass is 932 g/mol. The SMILES string of the molecule is Brc1c2ccccc2cc2ccccc12.OB(O)c1ccc2c3ccccc3c3ccccc3c2c1.c1ccc2c(-c3ccc4c5ccccc5c5ccccc5c4c3)c3ccccc3cc2c1. The Morgan fingerprint density at radius 1 is 0.250 bits per heavy atom. The van der Waals surface area contributed by atoms with E-state index in [2.05, 4.69) is 216 Å². The minimum Gasteiger partial charge on any atom is -0.423 e. The molecule has 0 saturated heterocycles. The van der Waals surface area contributed by atoms with Gasteiger partial charge in [0, 0.05) is 4.47 Å². The number of halogens is 1. The Balaban J connectivity index is 0.000000115. The van der Waals surface area contributed by atoms with Crippen LogP contribution in [-0.2, 0) is 0 Å². The summed E-state index contributed by atoms with van der Waals surface area (Å²) >= 11 is 3.68. The fraction of sp³-hybridized carbons (Fsp3) is 0. The molecule has 2 N–H and O–H groups in total. The van der Waals surface area contributed by atoms with Crippen LogP contribution >= 0.6 is 15.9 Å². The molecule has 0 fully saturated rings. The molecule has 0 atom stereocenters. The summed E-state index contributed by atoms with van der Waals surface area (Å²) < 4.78 is 1.19. The van der Waals surface area contributed by atoms with Crippen LogP contribution < -0.4 is 5.46 Å². The van der Waals surface area contributed by atoms with Gasteiger partial charge in [0.2, 0.25) is 0 Å². The summed E-state index contributed by atoms with van der Waals surface area (Å²) in [5.41, 5.74) is 3.10. The molecule has 2 nitrogen and oxygen atoms in total. The number of hydrogen-bond donors (Lipinski definition) is 2. The van der Waals surface area contributed by atoms with Gasteiger partial charge in [-0.3, -0.25) is 0 Å². The Kier molecular flexibility index (Phi) is 10.6. The van der Waals surface area contributed by atoms with E-state index in [1.54, 1.807) is 6.07 Å². The van der Waals surface area contributed by atoms with Gasteiger partial charge in [0.05, 0.1) is 0 Å². The second-order valence-corrected chi connectivity index (χ2v) is 18.2. The molecule has 14 aromatic carbocycles. The quantitative estimate of drug-likeness (QED) is 0.103. The number of benzene rings is 14. The smallest absolute Gasteiger partial charge is 0.423 e. The summed E-state index contributed by atoms with van der Waals surface area (Å²) in [4.78, 5) is 0. The second kappa shape index (κ2) is 17.4. The van der Waals surface area contributed by atoms with Crippen LogP contribution in [0.2, 0.25) is 0 Å². The van der Waals surface area contributed by atoms with Crippen LogP contribution in [-0.4, -0.2) is 17.2 Å². The molecule has 14 aromatic rings. The lowest BCUT2D eigenvalue weighted by Crippen LogP contribution is -2.29. The van der Waals surface area contributed by atoms with E-state index in [1.165, 1.54) is 107 Å². The first-order chi connectivity index (χ1) is 33.5. The molecule has 0 aromatic heterocycles. The predicted molar refractivity (Wildman–Crippen MR) is 297 cm³/mol. The van der Waals surface area contributed by atoms with Crippen molar-refractivity contribution in [2.24, 2.45) is 0 Å². The van der Waals surface area contributed by atoms with Crippen molar-refractivity contribution in [2.45, 2.75) is 0 Å². The van der Waals surface area contributed by atoms with E-state index in [0.29, 0.717) is 5.46 Å². The maximum Gasteiger partial charge on any atom is 0.488 e. The van der Waals surface area contributed by atoms with Gasteiger partial charge in [-0.25, -0.2) is 0 Å². The van der Waals surface area contributed by atoms with Crippen LogP contribution in [0.4, 0.5) is 0 Å². The highest BCUT2D eigenvalue weighted by Crippen LogP contribution is 2.41. The first-order valence-electron chi connectivity index (χ1n) is 23.0. The van der Waals surface area contributed by atoms with Gasteiger partial charge in [0.15, 0.2) is 0 Å². The Morgan fingerprint density at radius 2 is 0.529 bits per heavy atom. The molecule has 4 heteroatoms. The van der Waals surface area contributed by atoms with Gasteiger partial charge >= 0.3 is 7.12 Å². The van der Waals surface area contributed by atoms with Crippen LogP contribution in [0.15, 0.2) is 247 Å². The molecule has 68 heavy (non-hydrogen) atoms. The molecule has 0 spiro atoms. The zero-order valence-electron chi connectivity index (χ0n) is 36.9. The van der Waals surface area contributed by atoms with Crippen molar-refractivity contribution in [1.82, 2.24) is 0 Å². The lowest BCUT2D eigenvalue weighted by Gasteiger charge is -2.15. The van der Waals surface area contributed by atoms with E-state index in [1.807, 2.05) is 36.4 Å². The maximum atomic E-state index is 9.42. The molecule has 0 saturated carbocycles. The molecule has 0 aliphatic carbocycles. The van der Waals surface area contributed by atoms with Gasteiger partial charge in [-0.2, -0.15) is 0 Å². The summed E-state index contributed by atoms with van der Waals surface area (Å²) in [6, 6.07) is 85.6. The third kappa shape index (κ3) is 7.22. The van der Waals surface area contributed by atoms with Crippen molar-refractivity contribution in [2.75, 3.05) is 0 Å². The molecule has 0 radical (unpaired) electrons. The minimum absolute atomic E-state index is 0.517. The van der Waals surface area contributed by atoms with E-state index in [4.69, 9.17) is 0 Å². The predicted octanol–water partition coefficient (Wildman–Crippen LogP) is 16.7. The first-order valence-corrected chi connectivity index (χ1v) is 23.8. The molecule has 14 rings (SSSR count). The lowest BCUT2D eigenvalue weighted by molar-refractivity contribution is 0.426. The van der Waals surface area contributed by atoms with Crippen molar-refractivity contribution < 1.29 is 10.0 Å². The van der Waals surface area contributed by atoms with Gasteiger partial charge in [-0.05, 0) is 158 Å². The van der Waals surface area contributed by atoms with E-state index in [-0.39, 0.29) is 0 Å². The molecule has 0 amide bonds. The van der Waals surface area contributed by atoms with Gasteiger partial charge in [-0.15, -0.1) is 0 Å². The summed E-state index contributed by atoms with van der Waals surface area (Å²) in [6.45, 7) is 0. The summed E-state index contributed by atoms with van der Waals surface area (Å²) in [5, 5.41) is 43.9. The van der Waals surface area contributed by atoms with Gasteiger partial charge < -0.3 is 10.0 Å². The summed E-state index contributed by atoms with van der Waals surface area (Å²) in [7, 11) is -1.44. The number of fused-ring (bicyclic) bond motifs is 16. The van der Waals surface area contributed by atoms with Crippen LogP contribution in [0, 0.1) is 0 Å². The fourth-order valence-electron chi connectivity index (χ4n) is 10.4. The minimum atomic E-state index is -1.44. The standard InChI is InChI=1S/C32H20.C18H13BO2.C14H9Br/c1-3-11-24-21(9-1)19-22-10-2-4-12-25(22)32(24)23-17-18-30-28-15-6-5-13-26(28)27-14-7-8-16-29(27)31(30)20-23;20-19(21)12-9-10-17-15-7-2-1-5-13(15)14-6-3-4-8-16(14)18(17)11-12;15-14-12-7-3-1-5-10(12)9-11-6-2-4-8-13(11)14/h1-20H;1-11,20-21H;1-9H. The highest BCUT2D eigenvalue weighted by Gasteiger charge is 2.16. The van der Waals surface area contributed by atoms with Crippen molar-refractivity contribution in [1.29, 1.82) is 0 Å². The molecular formula is C64H42BBrO2. The van der Waals surface area contributed by atoms with Crippen molar-refractivity contribution >= 4 is 136 Å². The van der Waals surface area contributed by atoms with Gasteiger partial charge in [0.1, 0.15) is 0 Å². The van der Waals surface area contributed by atoms with E-state index < -0.39 is 7.12 Å². The van der Waals surface area contributed by atoms with Crippen LogP contribution in [0.3, 0.4) is 0 Å². The Labute approximate surface area is 402 Å². The highest BCUT2D eigenvalue weighted by atomic mass is 79.9. The Bertz CT molecular complexity index is 4100. The van der Waals surface area contributed by atoms with Crippen LogP contribution in [0.25, 0.3) is 119 Å². The van der Waals surface area contributed by atoms with Crippen LogP contribution in [0.5, 0.6) is 0 Å². The molecule has 0 bridgehead atoms. The summed E-state index contributed by atoms with van der Waals surface area (Å²) in [5.74, 6) is 0. The number of hydrogen-bond acceptors (Lipinski definition) is 2. The van der Waals surface area contributed by atoms with Crippen LogP contribution in [0.1, 0.15) is 0 Å². The average molecular weight is 934 g/mol. The third-order valence-electron chi connectivity index (χ3n) is 13.6. The second-order valence-electron chi connectivity index (χ2n) is 17.4. The molecule has 0 aliphatic heterocycles. The lowest BCUT2D eigenvalue weighted by atomic mass is 9.78. The largest absolute Gasteiger partial charge is 0.488 e. The molecule has 0 unspecified atom stereocenters. The zero-order valence-corrected chi connectivity index (χ0v) is 38.5. The van der Waals surface area contributed by atoms with E-state index in [9.17, 15) is 10.0 Å². The molecule has 0 heterocycles. The fourth-order valence-corrected chi connectivity index (χ4v) is 11.2. The summed E-state index contributed by atoms with van der Waals surface area (Å²) in [6.07, 6.45) is 0. The molecule has 0 aliphatic rings. The van der Waals surface area contributed by atoms with Gasteiger partial charge in [-0.1, -0.05) is 224 Å². The van der Waals surface area contributed by atoms with Crippen molar-refractivity contribution in [3.63, 3.8) is 0 Å². The maximum absolute atomic E-state index is 9.42. The van der Waals surface area contributed by atoms with Gasteiger partial charge in [0.25, 0.3) is 0 Å². The average Bonchev–Trinajstić information content (AvgIpc) is 3.40. The van der Waals surface area contributed by atoms with Crippen molar-refractivity contribution in [3.8, 4) is 11.1 Å². The first kappa shape index (κ1) is 41.6.